The summed E-state index contributed by atoms with van der Waals surface area (Å²) in [5, 5.41) is 29.6. The quantitative estimate of drug-likeness (QED) is 0.480. The van der Waals surface area contributed by atoms with Gasteiger partial charge in [-0.15, -0.1) is 12.4 Å². The van der Waals surface area contributed by atoms with Gasteiger partial charge in [0.2, 0.25) is 11.7 Å². The zero-order valence-electron chi connectivity index (χ0n) is 19.8. The van der Waals surface area contributed by atoms with E-state index in [1.165, 1.54) is 5.56 Å². The largest absolute Gasteiger partial charge is 0.390 e. The molecular formula is C25H33ClN4O3. The lowest BCUT2D eigenvalue weighted by Gasteiger charge is -2.52. The van der Waals surface area contributed by atoms with E-state index < -0.39 is 16.6 Å². The van der Waals surface area contributed by atoms with E-state index in [1.807, 2.05) is 18.2 Å². The van der Waals surface area contributed by atoms with Crippen LogP contribution in [-0.4, -0.2) is 44.0 Å². The van der Waals surface area contributed by atoms with Crippen molar-refractivity contribution in [3.63, 3.8) is 0 Å². The van der Waals surface area contributed by atoms with Gasteiger partial charge in [0.05, 0.1) is 12.0 Å². The third-order valence-corrected chi connectivity index (χ3v) is 6.37. The lowest BCUT2D eigenvalue weighted by molar-refractivity contribution is -0.0769. The number of aliphatic hydroxyl groups is 2. The van der Waals surface area contributed by atoms with E-state index in [1.54, 1.807) is 26.2 Å². The highest BCUT2D eigenvalue weighted by molar-refractivity contribution is 5.85. The van der Waals surface area contributed by atoms with Crippen LogP contribution in [0.15, 0.2) is 47.2 Å². The van der Waals surface area contributed by atoms with Gasteiger partial charge in [-0.3, -0.25) is 4.98 Å². The zero-order valence-corrected chi connectivity index (χ0v) is 20.6. The third kappa shape index (κ3) is 4.82. The van der Waals surface area contributed by atoms with Gasteiger partial charge in [-0.25, -0.2) is 0 Å². The summed E-state index contributed by atoms with van der Waals surface area (Å²) in [5.41, 5.74) is 0.822. The second-order valence-electron chi connectivity index (χ2n) is 10.1. The van der Waals surface area contributed by atoms with E-state index in [4.69, 9.17) is 4.52 Å². The fraction of sp³-hybridized carbons (Fsp3) is 0.480. The average molecular weight is 473 g/mol. The van der Waals surface area contributed by atoms with Crippen LogP contribution in [0.1, 0.15) is 63.1 Å². The molecule has 2 aromatic heterocycles. The average Bonchev–Trinajstić information content (AvgIpc) is 3.18. The van der Waals surface area contributed by atoms with Crippen LogP contribution in [0.25, 0.3) is 11.4 Å². The smallest absolute Gasteiger partial charge is 0.229 e. The first kappa shape index (κ1) is 25.3. The molecule has 4 rings (SSSR count). The fourth-order valence-corrected chi connectivity index (χ4v) is 4.30. The maximum Gasteiger partial charge on any atom is 0.229 e. The van der Waals surface area contributed by atoms with Crippen LogP contribution < -0.4 is 5.32 Å². The number of rotatable bonds is 7. The molecule has 0 amide bonds. The van der Waals surface area contributed by atoms with Crippen LogP contribution in [0.2, 0.25) is 0 Å². The van der Waals surface area contributed by atoms with E-state index >= 15 is 0 Å². The predicted molar refractivity (Wildman–Crippen MR) is 129 cm³/mol. The number of hydrogen-bond acceptors (Lipinski definition) is 7. The van der Waals surface area contributed by atoms with Crippen LogP contribution in [0.4, 0.5) is 0 Å². The molecule has 33 heavy (non-hydrogen) atoms. The molecule has 8 heteroatoms. The molecule has 0 spiro atoms. The molecule has 3 heterocycles. The van der Waals surface area contributed by atoms with Crippen molar-refractivity contribution < 1.29 is 14.7 Å². The lowest BCUT2D eigenvalue weighted by atomic mass is 9.63. The van der Waals surface area contributed by atoms with Gasteiger partial charge in [0, 0.05) is 42.0 Å². The molecule has 1 aromatic carbocycles. The van der Waals surface area contributed by atoms with E-state index in [2.05, 4.69) is 53.3 Å². The van der Waals surface area contributed by atoms with Gasteiger partial charge in [-0.05, 0) is 37.0 Å². The maximum atomic E-state index is 12.2. The number of nitrogens with zero attached hydrogens (tertiary/aromatic N) is 3. The number of nitrogens with one attached hydrogen (secondary N) is 1. The van der Waals surface area contributed by atoms with Gasteiger partial charge in [0.15, 0.2) is 0 Å². The van der Waals surface area contributed by atoms with Gasteiger partial charge < -0.3 is 20.1 Å². The summed E-state index contributed by atoms with van der Waals surface area (Å²) < 4.78 is 5.32. The minimum Gasteiger partial charge on any atom is -0.390 e. The molecule has 178 valence electrons. The normalized spacial score (nSPS) is 17.2. The Morgan fingerprint density at radius 1 is 1.09 bits per heavy atom. The molecule has 0 aliphatic carbocycles. The first-order chi connectivity index (χ1) is 15.0. The monoisotopic (exact) mass is 472 g/mol. The summed E-state index contributed by atoms with van der Waals surface area (Å²) >= 11 is 0. The molecule has 0 bridgehead atoms. The summed E-state index contributed by atoms with van der Waals surface area (Å²) in [6, 6.07) is 10.1. The highest BCUT2D eigenvalue weighted by Crippen LogP contribution is 2.48. The van der Waals surface area contributed by atoms with Gasteiger partial charge in [-0.2, -0.15) is 4.98 Å². The molecule has 1 fully saturated rings. The minimum atomic E-state index is -1.24. The Kier molecular flexibility index (Phi) is 7.01. The number of benzene rings is 1. The number of halogens is 1. The molecule has 1 aliphatic rings. The summed E-state index contributed by atoms with van der Waals surface area (Å²) in [6.07, 6.45) is 3.62. The molecule has 1 aliphatic heterocycles. The van der Waals surface area contributed by atoms with Gasteiger partial charge in [0.25, 0.3) is 0 Å². The van der Waals surface area contributed by atoms with E-state index in [0.29, 0.717) is 41.8 Å². The lowest BCUT2D eigenvalue weighted by Crippen LogP contribution is -2.63. The van der Waals surface area contributed by atoms with Gasteiger partial charge >= 0.3 is 0 Å². The standard InChI is InChI=1S/C25H32N4O3.ClH/c1-16(2)17-6-8-19(9-7-17)25(31,24(5)14-27-15-24)20-10-18(12-26-13-20)22-28-21(32-29-22)11-23(3,4)30;/h6-10,12-13,16,27,30-31H,11,14-15H2,1-5H3;1H/t25-;/m0./s1. The van der Waals surface area contributed by atoms with Crippen LogP contribution in [-0.2, 0) is 12.0 Å². The SMILES string of the molecule is CC(C)c1ccc([C@](O)(c2cncc(-c3noc(CC(C)(C)O)n3)c2)C2(C)CNC2)cc1.Cl. The van der Waals surface area contributed by atoms with Crippen molar-refractivity contribution in [2.75, 3.05) is 13.1 Å². The molecular weight excluding hydrogens is 440 g/mol. The molecule has 3 aromatic rings. The van der Waals surface area contributed by atoms with Crippen LogP contribution in [0.5, 0.6) is 0 Å². The van der Waals surface area contributed by atoms with Gasteiger partial charge in [0.1, 0.15) is 5.60 Å². The molecule has 7 nitrogen and oxygen atoms in total. The van der Waals surface area contributed by atoms with E-state index in [0.717, 1.165) is 5.56 Å². The zero-order chi connectivity index (χ0) is 23.1. The Labute approximate surface area is 201 Å². The van der Waals surface area contributed by atoms with Crippen molar-refractivity contribution in [1.29, 1.82) is 0 Å². The molecule has 0 radical (unpaired) electrons. The Morgan fingerprint density at radius 2 is 1.76 bits per heavy atom. The van der Waals surface area contributed by atoms with Crippen molar-refractivity contribution in [2.24, 2.45) is 5.41 Å². The summed E-state index contributed by atoms with van der Waals surface area (Å²) in [7, 11) is 0. The van der Waals surface area contributed by atoms with Crippen molar-refractivity contribution in [3.05, 3.63) is 65.3 Å². The Morgan fingerprint density at radius 3 is 2.30 bits per heavy atom. The fourth-order valence-electron chi connectivity index (χ4n) is 4.30. The highest BCUT2D eigenvalue weighted by atomic mass is 35.5. The Hall–Kier alpha value is -2.32. The third-order valence-electron chi connectivity index (χ3n) is 6.37. The Bertz CT molecular complexity index is 1090. The number of aromatic nitrogens is 3. The molecule has 0 saturated carbocycles. The van der Waals surface area contributed by atoms with Crippen molar-refractivity contribution in [3.8, 4) is 11.4 Å². The summed E-state index contributed by atoms with van der Waals surface area (Å²) in [4.78, 5) is 8.82. The van der Waals surface area contributed by atoms with Gasteiger partial charge in [-0.1, -0.05) is 50.2 Å². The minimum absolute atomic E-state index is 0. The molecule has 3 N–H and O–H groups in total. The maximum absolute atomic E-state index is 12.2. The molecule has 1 saturated heterocycles. The number of pyridine rings is 1. The predicted octanol–water partition coefficient (Wildman–Crippen LogP) is 3.84. The van der Waals surface area contributed by atoms with E-state index in [9.17, 15) is 10.2 Å². The van der Waals surface area contributed by atoms with Crippen molar-refractivity contribution in [1.82, 2.24) is 20.4 Å². The van der Waals surface area contributed by atoms with E-state index in [-0.39, 0.29) is 18.8 Å². The summed E-state index contributed by atoms with van der Waals surface area (Å²) in [5.74, 6) is 1.15. The summed E-state index contributed by atoms with van der Waals surface area (Å²) in [6.45, 7) is 11.2. The topological polar surface area (TPSA) is 104 Å². The van der Waals surface area contributed by atoms with Crippen LogP contribution in [0.3, 0.4) is 0 Å². The first-order valence-corrected chi connectivity index (χ1v) is 11.1. The van der Waals surface area contributed by atoms with Crippen molar-refractivity contribution >= 4 is 12.4 Å². The van der Waals surface area contributed by atoms with Crippen LogP contribution in [0, 0.1) is 5.41 Å². The Balaban J connectivity index is 0.00000306. The highest BCUT2D eigenvalue weighted by Gasteiger charge is 2.53. The molecule has 0 unspecified atom stereocenters. The van der Waals surface area contributed by atoms with Crippen LogP contribution >= 0.6 is 12.4 Å². The van der Waals surface area contributed by atoms with Crippen molar-refractivity contribution in [2.45, 2.75) is 58.2 Å². The second-order valence-corrected chi connectivity index (χ2v) is 10.1. The molecule has 1 atom stereocenters. The second kappa shape index (κ2) is 9.14. The number of hydrogen-bond donors (Lipinski definition) is 3. The first-order valence-electron chi connectivity index (χ1n) is 11.1.